The molecular weight excluding hydrogens is 416 g/mol. The van der Waals surface area contributed by atoms with E-state index >= 15 is 0 Å². The van der Waals surface area contributed by atoms with Gasteiger partial charge in [0.1, 0.15) is 28.8 Å². The summed E-state index contributed by atoms with van der Waals surface area (Å²) in [7, 11) is 1.52. The van der Waals surface area contributed by atoms with E-state index in [-0.39, 0.29) is 17.2 Å². The standard InChI is InChI=1S/C23H17ClN4O3/c1-26-23(30)21-13-20(10-11-27-21)31-19-8-6-18(7-9-19)28-22(29)16(14-25)12-15-2-4-17(24)5-3-15/h2-13H,1H3,(H,26,30)(H,28,29)/b16-12+. The number of amides is 2. The SMILES string of the molecule is CNC(=O)c1cc(Oc2ccc(NC(=O)/C(C#N)=C/c3ccc(Cl)cc3)cc2)ccn1. The van der Waals surface area contributed by atoms with Crippen molar-refractivity contribution >= 4 is 35.2 Å². The number of pyridine rings is 1. The smallest absolute Gasteiger partial charge is 0.269 e. The number of anilines is 1. The Morgan fingerprint density at radius 1 is 1.06 bits per heavy atom. The highest BCUT2D eigenvalue weighted by Gasteiger charge is 2.10. The zero-order chi connectivity index (χ0) is 22.2. The molecule has 0 radical (unpaired) electrons. The molecule has 0 saturated carbocycles. The Hall–Kier alpha value is -4.15. The molecule has 2 aromatic carbocycles. The highest BCUT2D eigenvalue weighted by atomic mass is 35.5. The van der Waals surface area contributed by atoms with E-state index in [4.69, 9.17) is 16.3 Å². The van der Waals surface area contributed by atoms with Gasteiger partial charge in [-0.1, -0.05) is 23.7 Å². The molecule has 0 saturated heterocycles. The van der Waals surface area contributed by atoms with Crippen LogP contribution in [-0.2, 0) is 4.79 Å². The topological polar surface area (TPSA) is 104 Å². The van der Waals surface area contributed by atoms with Crippen LogP contribution in [0.1, 0.15) is 16.1 Å². The molecule has 2 amide bonds. The molecule has 7 nitrogen and oxygen atoms in total. The summed E-state index contributed by atoms with van der Waals surface area (Å²) >= 11 is 5.85. The van der Waals surface area contributed by atoms with Crippen LogP contribution >= 0.6 is 11.6 Å². The number of benzene rings is 2. The first-order valence-corrected chi connectivity index (χ1v) is 9.51. The molecule has 31 heavy (non-hydrogen) atoms. The summed E-state index contributed by atoms with van der Waals surface area (Å²) in [6.45, 7) is 0. The monoisotopic (exact) mass is 432 g/mol. The summed E-state index contributed by atoms with van der Waals surface area (Å²) in [6, 6.07) is 18.4. The lowest BCUT2D eigenvalue weighted by Crippen LogP contribution is -2.18. The first-order valence-electron chi connectivity index (χ1n) is 9.13. The van der Waals surface area contributed by atoms with Gasteiger partial charge in [0.25, 0.3) is 11.8 Å². The molecule has 3 aromatic rings. The predicted molar refractivity (Wildman–Crippen MR) is 118 cm³/mol. The largest absolute Gasteiger partial charge is 0.457 e. The molecular formula is C23H17ClN4O3. The van der Waals surface area contributed by atoms with Gasteiger partial charge in [-0.3, -0.25) is 14.6 Å². The number of halogens is 1. The van der Waals surface area contributed by atoms with E-state index in [0.717, 1.165) is 0 Å². The Morgan fingerprint density at radius 3 is 2.42 bits per heavy atom. The van der Waals surface area contributed by atoms with E-state index in [2.05, 4.69) is 15.6 Å². The predicted octanol–water partition coefficient (Wildman–Crippen LogP) is 4.43. The van der Waals surface area contributed by atoms with E-state index in [0.29, 0.717) is 27.8 Å². The zero-order valence-corrected chi connectivity index (χ0v) is 17.2. The van der Waals surface area contributed by atoms with Gasteiger partial charge in [-0.2, -0.15) is 5.26 Å². The van der Waals surface area contributed by atoms with Gasteiger partial charge in [-0.25, -0.2) is 0 Å². The summed E-state index contributed by atoms with van der Waals surface area (Å²) in [4.78, 5) is 28.1. The summed E-state index contributed by atoms with van der Waals surface area (Å²) in [5.74, 6) is 0.103. The number of carbonyl (C=O) groups excluding carboxylic acids is 2. The molecule has 0 spiro atoms. The van der Waals surface area contributed by atoms with E-state index in [1.165, 1.54) is 25.4 Å². The van der Waals surface area contributed by atoms with Crippen molar-refractivity contribution in [2.24, 2.45) is 0 Å². The first-order chi connectivity index (χ1) is 15.0. The number of nitriles is 1. The van der Waals surface area contributed by atoms with E-state index < -0.39 is 5.91 Å². The number of aromatic nitrogens is 1. The van der Waals surface area contributed by atoms with Crippen molar-refractivity contribution in [3.8, 4) is 17.6 Å². The van der Waals surface area contributed by atoms with E-state index in [1.807, 2.05) is 6.07 Å². The third-order valence-electron chi connectivity index (χ3n) is 4.09. The van der Waals surface area contributed by atoms with Crippen LogP contribution in [0.4, 0.5) is 5.69 Å². The molecule has 8 heteroatoms. The van der Waals surface area contributed by atoms with Gasteiger partial charge in [0.2, 0.25) is 0 Å². The van der Waals surface area contributed by atoms with Crippen LogP contribution in [-0.4, -0.2) is 23.8 Å². The van der Waals surface area contributed by atoms with Crippen LogP contribution in [0.3, 0.4) is 0 Å². The second-order valence-corrected chi connectivity index (χ2v) is 6.69. The second-order valence-electron chi connectivity index (χ2n) is 6.26. The highest BCUT2D eigenvalue weighted by molar-refractivity contribution is 6.30. The van der Waals surface area contributed by atoms with Gasteiger partial charge in [0, 0.05) is 30.0 Å². The Kier molecular flexibility index (Phi) is 6.99. The number of hydrogen-bond acceptors (Lipinski definition) is 5. The molecule has 1 heterocycles. The van der Waals surface area contributed by atoms with Gasteiger partial charge in [0.05, 0.1) is 0 Å². The van der Waals surface area contributed by atoms with Crippen LogP contribution in [0.25, 0.3) is 6.08 Å². The number of nitrogens with one attached hydrogen (secondary N) is 2. The molecule has 1 aromatic heterocycles. The molecule has 0 unspecified atom stereocenters. The van der Waals surface area contributed by atoms with Crippen LogP contribution in [0.5, 0.6) is 11.5 Å². The minimum absolute atomic E-state index is 0.0406. The third kappa shape index (κ3) is 5.92. The maximum atomic E-state index is 12.4. The summed E-state index contributed by atoms with van der Waals surface area (Å²) < 4.78 is 5.72. The van der Waals surface area contributed by atoms with Gasteiger partial charge >= 0.3 is 0 Å². The molecule has 3 rings (SSSR count). The molecule has 0 bridgehead atoms. The average molecular weight is 433 g/mol. The molecule has 0 fully saturated rings. The van der Waals surface area contributed by atoms with Gasteiger partial charge in [-0.05, 0) is 54.1 Å². The lowest BCUT2D eigenvalue weighted by atomic mass is 10.1. The van der Waals surface area contributed by atoms with Crippen molar-refractivity contribution in [3.63, 3.8) is 0 Å². The Labute approximate surface area is 183 Å². The fourth-order valence-electron chi connectivity index (χ4n) is 2.54. The number of hydrogen-bond donors (Lipinski definition) is 2. The van der Waals surface area contributed by atoms with E-state index in [9.17, 15) is 14.9 Å². The van der Waals surface area contributed by atoms with Crippen molar-refractivity contribution in [1.29, 1.82) is 5.26 Å². The molecule has 0 atom stereocenters. The van der Waals surface area contributed by atoms with Crippen LogP contribution in [0, 0.1) is 11.3 Å². The number of carbonyl (C=O) groups is 2. The Bertz CT molecular complexity index is 1170. The van der Waals surface area contributed by atoms with Gasteiger partial charge < -0.3 is 15.4 Å². The van der Waals surface area contributed by atoms with Crippen molar-refractivity contribution < 1.29 is 14.3 Å². The summed E-state index contributed by atoms with van der Waals surface area (Å²) in [6.07, 6.45) is 2.96. The van der Waals surface area contributed by atoms with Crippen LogP contribution < -0.4 is 15.4 Å². The van der Waals surface area contributed by atoms with Crippen LogP contribution in [0.15, 0.2) is 72.4 Å². The van der Waals surface area contributed by atoms with Crippen molar-refractivity contribution in [3.05, 3.63) is 88.7 Å². The maximum absolute atomic E-state index is 12.4. The lowest BCUT2D eigenvalue weighted by Gasteiger charge is -2.09. The Morgan fingerprint density at radius 2 is 1.77 bits per heavy atom. The first kappa shape index (κ1) is 21.6. The summed E-state index contributed by atoms with van der Waals surface area (Å²) in [5.41, 5.74) is 1.38. The maximum Gasteiger partial charge on any atom is 0.269 e. The lowest BCUT2D eigenvalue weighted by molar-refractivity contribution is -0.112. The summed E-state index contributed by atoms with van der Waals surface area (Å²) in [5, 5.41) is 15.1. The third-order valence-corrected chi connectivity index (χ3v) is 4.34. The second kappa shape index (κ2) is 10.1. The minimum Gasteiger partial charge on any atom is -0.457 e. The average Bonchev–Trinajstić information content (AvgIpc) is 2.79. The van der Waals surface area contributed by atoms with Crippen molar-refractivity contribution in [1.82, 2.24) is 10.3 Å². The normalized spacial score (nSPS) is 10.7. The van der Waals surface area contributed by atoms with Gasteiger partial charge in [-0.15, -0.1) is 0 Å². The number of nitrogens with zero attached hydrogens (tertiary/aromatic N) is 2. The number of ether oxygens (including phenoxy) is 1. The highest BCUT2D eigenvalue weighted by Crippen LogP contribution is 2.23. The molecule has 2 N–H and O–H groups in total. The Balaban J connectivity index is 1.67. The molecule has 0 aliphatic heterocycles. The minimum atomic E-state index is -0.532. The quantitative estimate of drug-likeness (QED) is 0.443. The van der Waals surface area contributed by atoms with E-state index in [1.54, 1.807) is 54.6 Å². The fraction of sp³-hybridized carbons (Fsp3) is 0.0435. The zero-order valence-electron chi connectivity index (χ0n) is 16.4. The molecule has 0 aliphatic carbocycles. The fourth-order valence-corrected chi connectivity index (χ4v) is 2.67. The van der Waals surface area contributed by atoms with Gasteiger partial charge in [0.15, 0.2) is 0 Å². The van der Waals surface area contributed by atoms with Crippen molar-refractivity contribution in [2.45, 2.75) is 0 Å². The molecule has 0 aliphatic rings. The van der Waals surface area contributed by atoms with Crippen molar-refractivity contribution in [2.75, 3.05) is 12.4 Å². The number of rotatable bonds is 6. The van der Waals surface area contributed by atoms with Crippen LogP contribution in [0.2, 0.25) is 5.02 Å². The molecule has 154 valence electrons.